The van der Waals surface area contributed by atoms with Crippen molar-refractivity contribution in [3.63, 3.8) is 0 Å². The maximum atomic E-state index is 12.2. The molecule has 2 aliphatic heterocycles. The van der Waals surface area contributed by atoms with Crippen molar-refractivity contribution in [1.82, 2.24) is 19.9 Å². The lowest BCUT2D eigenvalue weighted by Crippen LogP contribution is -2.54. The maximum Gasteiger partial charge on any atom is 0.240 e. The lowest BCUT2D eigenvalue weighted by Gasteiger charge is -2.48. The molecule has 25 heavy (non-hydrogen) atoms. The largest absolute Gasteiger partial charge is 0.383 e. The molecule has 1 spiro atoms. The number of carbonyl (C=O) groups is 1. The van der Waals surface area contributed by atoms with Gasteiger partial charge < -0.3 is 14.2 Å². The summed E-state index contributed by atoms with van der Waals surface area (Å²) in [7, 11) is 1.68. The quantitative estimate of drug-likeness (QED) is 0.782. The summed E-state index contributed by atoms with van der Waals surface area (Å²) in [4.78, 5) is 21.1. The molecule has 1 amide bonds. The minimum Gasteiger partial charge on any atom is -0.383 e. The smallest absolute Gasteiger partial charge is 0.240 e. The molecule has 7 heteroatoms. The molecule has 2 fully saturated rings. The van der Waals surface area contributed by atoms with Crippen LogP contribution in [0.25, 0.3) is 0 Å². The molecule has 0 saturated carbocycles. The Morgan fingerprint density at radius 2 is 2.16 bits per heavy atom. The highest BCUT2D eigenvalue weighted by molar-refractivity contribution is 5.77. The molecule has 0 aromatic carbocycles. The van der Waals surface area contributed by atoms with Crippen LogP contribution in [0.5, 0.6) is 0 Å². The van der Waals surface area contributed by atoms with Gasteiger partial charge in [0.1, 0.15) is 0 Å². The molecule has 0 N–H and O–H groups in total. The molecule has 2 saturated heterocycles. The summed E-state index contributed by atoms with van der Waals surface area (Å²) in [5.74, 6) is 2.02. The van der Waals surface area contributed by atoms with Gasteiger partial charge >= 0.3 is 0 Å². The average molecular weight is 350 g/mol. The zero-order valence-corrected chi connectivity index (χ0v) is 15.7. The first-order valence-corrected chi connectivity index (χ1v) is 9.33. The Morgan fingerprint density at radius 3 is 2.88 bits per heavy atom. The summed E-state index contributed by atoms with van der Waals surface area (Å²) in [6, 6.07) is 0. The molecule has 7 nitrogen and oxygen atoms in total. The number of carbonyl (C=O) groups excluding carboxylic acids is 1. The standard InChI is InChI=1S/C18H30N4O3/c1-14(2)17-19-15(25-20-17)11-21-8-4-6-18(12-21)7-5-16(23)22(13-18)9-10-24-3/h14H,4-13H2,1-3H3. The Balaban J connectivity index is 1.62. The Kier molecular flexibility index (Phi) is 5.74. The predicted molar refractivity (Wildman–Crippen MR) is 93.0 cm³/mol. The summed E-state index contributed by atoms with van der Waals surface area (Å²) >= 11 is 0. The summed E-state index contributed by atoms with van der Waals surface area (Å²) in [5, 5.41) is 4.06. The third-order valence-electron chi connectivity index (χ3n) is 5.41. The fraction of sp³-hybridized carbons (Fsp3) is 0.833. The van der Waals surface area contributed by atoms with E-state index in [0.717, 1.165) is 38.3 Å². The normalized spacial score (nSPS) is 25.3. The van der Waals surface area contributed by atoms with Gasteiger partial charge in [0, 0.05) is 44.5 Å². The number of methoxy groups -OCH3 is 1. The summed E-state index contributed by atoms with van der Waals surface area (Å²) < 4.78 is 10.6. The lowest BCUT2D eigenvalue weighted by atomic mass is 9.73. The second-order valence-electron chi connectivity index (χ2n) is 7.82. The molecule has 2 aliphatic rings. The molecule has 0 radical (unpaired) electrons. The van der Waals surface area contributed by atoms with Crippen molar-refractivity contribution < 1.29 is 14.1 Å². The van der Waals surface area contributed by atoms with Crippen LogP contribution in [0.4, 0.5) is 0 Å². The maximum absolute atomic E-state index is 12.2. The molecule has 1 unspecified atom stereocenters. The van der Waals surface area contributed by atoms with Crippen LogP contribution in [0.3, 0.4) is 0 Å². The highest BCUT2D eigenvalue weighted by atomic mass is 16.5. The van der Waals surface area contributed by atoms with E-state index >= 15 is 0 Å². The van der Waals surface area contributed by atoms with Crippen LogP contribution in [-0.4, -0.2) is 65.7 Å². The van der Waals surface area contributed by atoms with Crippen molar-refractivity contribution in [2.45, 2.75) is 52.0 Å². The van der Waals surface area contributed by atoms with Gasteiger partial charge in [0.05, 0.1) is 13.2 Å². The van der Waals surface area contributed by atoms with Gasteiger partial charge in [-0.15, -0.1) is 0 Å². The fourth-order valence-corrected chi connectivity index (χ4v) is 4.04. The SMILES string of the molecule is COCCN1CC2(CCCN(Cc3nc(C(C)C)no3)C2)CCC1=O. The third-order valence-corrected chi connectivity index (χ3v) is 5.41. The fourth-order valence-electron chi connectivity index (χ4n) is 4.04. The number of piperidine rings is 2. The van der Waals surface area contributed by atoms with Crippen LogP contribution in [0.2, 0.25) is 0 Å². The van der Waals surface area contributed by atoms with Crippen molar-refractivity contribution in [2.75, 3.05) is 39.9 Å². The van der Waals surface area contributed by atoms with Gasteiger partial charge in [-0.25, -0.2) is 0 Å². The third kappa shape index (κ3) is 4.39. The van der Waals surface area contributed by atoms with E-state index in [1.807, 2.05) is 4.90 Å². The number of amides is 1. The molecular formula is C18H30N4O3. The summed E-state index contributed by atoms with van der Waals surface area (Å²) in [6.07, 6.45) is 3.96. The van der Waals surface area contributed by atoms with Crippen LogP contribution in [0, 0.1) is 5.41 Å². The van der Waals surface area contributed by atoms with Gasteiger partial charge in [-0.05, 0) is 25.8 Å². The van der Waals surface area contributed by atoms with E-state index in [0.29, 0.717) is 32.0 Å². The van der Waals surface area contributed by atoms with Crippen LogP contribution in [0.1, 0.15) is 57.2 Å². The Bertz CT molecular complexity index is 589. The molecule has 3 heterocycles. The van der Waals surface area contributed by atoms with Gasteiger partial charge in [0.25, 0.3) is 0 Å². The van der Waals surface area contributed by atoms with E-state index in [1.54, 1.807) is 7.11 Å². The number of hydrogen-bond acceptors (Lipinski definition) is 6. The summed E-state index contributed by atoms with van der Waals surface area (Å²) in [6.45, 7) is 9.01. The first kappa shape index (κ1) is 18.3. The Hall–Kier alpha value is -1.47. The van der Waals surface area contributed by atoms with E-state index < -0.39 is 0 Å². The van der Waals surface area contributed by atoms with Gasteiger partial charge in [0.15, 0.2) is 5.82 Å². The molecule has 1 aromatic rings. The van der Waals surface area contributed by atoms with Crippen LogP contribution < -0.4 is 0 Å². The Morgan fingerprint density at radius 1 is 1.32 bits per heavy atom. The molecular weight excluding hydrogens is 320 g/mol. The zero-order valence-electron chi connectivity index (χ0n) is 15.7. The number of aromatic nitrogens is 2. The number of nitrogens with zero attached hydrogens (tertiary/aromatic N) is 4. The van der Waals surface area contributed by atoms with Crippen molar-refractivity contribution in [3.05, 3.63) is 11.7 Å². The van der Waals surface area contributed by atoms with E-state index in [2.05, 4.69) is 28.9 Å². The average Bonchev–Trinajstić information content (AvgIpc) is 3.05. The van der Waals surface area contributed by atoms with Gasteiger partial charge in [0.2, 0.25) is 11.8 Å². The Labute approximate surface area is 149 Å². The van der Waals surface area contributed by atoms with Crippen molar-refractivity contribution in [1.29, 1.82) is 0 Å². The molecule has 1 aromatic heterocycles. The first-order valence-electron chi connectivity index (χ1n) is 9.33. The second kappa shape index (κ2) is 7.83. The first-order chi connectivity index (χ1) is 12.0. The van der Waals surface area contributed by atoms with Crippen LogP contribution in [-0.2, 0) is 16.1 Å². The van der Waals surface area contributed by atoms with Gasteiger partial charge in [-0.3, -0.25) is 9.69 Å². The van der Waals surface area contributed by atoms with Crippen molar-refractivity contribution >= 4 is 5.91 Å². The zero-order chi connectivity index (χ0) is 17.9. The highest BCUT2D eigenvalue weighted by Gasteiger charge is 2.41. The molecule has 0 aliphatic carbocycles. The van der Waals surface area contributed by atoms with Gasteiger partial charge in [-0.2, -0.15) is 4.98 Å². The van der Waals surface area contributed by atoms with E-state index in [1.165, 1.54) is 6.42 Å². The minimum atomic E-state index is 0.195. The van der Waals surface area contributed by atoms with Crippen molar-refractivity contribution in [2.24, 2.45) is 5.41 Å². The highest BCUT2D eigenvalue weighted by Crippen LogP contribution is 2.39. The minimum absolute atomic E-state index is 0.195. The lowest BCUT2D eigenvalue weighted by molar-refractivity contribution is -0.140. The number of hydrogen-bond donors (Lipinski definition) is 0. The van der Waals surface area contributed by atoms with E-state index in [4.69, 9.17) is 9.26 Å². The van der Waals surface area contributed by atoms with Crippen molar-refractivity contribution in [3.8, 4) is 0 Å². The topological polar surface area (TPSA) is 71.7 Å². The number of likely N-dealkylation sites (tertiary alicyclic amines) is 2. The van der Waals surface area contributed by atoms with E-state index in [-0.39, 0.29) is 17.2 Å². The monoisotopic (exact) mass is 350 g/mol. The second-order valence-corrected chi connectivity index (χ2v) is 7.82. The molecule has 0 bridgehead atoms. The molecule has 1 atom stereocenters. The summed E-state index contributed by atoms with van der Waals surface area (Å²) in [5.41, 5.74) is 0.195. The molecule has 3 rings (SSSR count). The number of rotatable bonds is 6. The number of ether oxygens (including phenoxy) is 1. The van der Waals surface area contributed by atoms with Crippen LogP contribution >= 0.6 is 0 Å². The van der Waals surface area contributed by atoms with E-state index in [9.17, 15) is 4.79 Å². The molecule has 140 valence electrons. The van der Waals surface area contributed by atoms with Crippen LogP contribution in [0.15, 0.2) is 4.52 Å². The predicted octanol–water partition coefficient (Wildman–Crippen LogP) is 2.04. The van der Waals surface area contributed by atoms with Gasteiger partial charge in [-0.1, -0.05) is 19.0 Å².